The number of unbranched alkanes of at least 4 members (excludes halogenated alkanes) is 1. The summed E-state index contributed by atoms with van der Waals surface area (Å²) in [4.78, 5) is 16.8. The SMILES string of the molecule is CCCCn1c(SCc2cc(=O)oc3cc(OC)ccc23)nc2cc(S(N)(=O)=O)ccc21. The molecule has 0 unspecified atom stereocenters. The number of primary sulfonamides is 1. The molecule has 0 spiro atoms. The number of ether oxygens (including phenoxy) is 1. The Morgan fingerprint density at radius 1 is 1.19 bits per heavy atom. The summed E-state index contributed by atoms with van der Waals surface area (Å²) in [6.45, 7) is 2.85. The van der Waals surface area contributed by atoms with Crippen LogP contribution in [0.1, 0.15) is 25.3 Å². The van der Waals surface area contributed by atoms with Crippen LogP contribution >= 0.6 is 11.8 Å². The predicted octanol–water partition coefficient (Wildman–Crippen LogP) is 3.89. The number of thioether (sulfide) groups is 1. The number of imidazole rings is 1. The predicted molar refractivity (Wildman–Crippen MR) is 125 cm³/mol. The van der Waals surface area contributed by atoms with E-state index >= 15 is 0 Å². The van der Waals surface area contributed by atoms with Crippen LogP contribution in [0.2, 0.25) is 0 Å². The number of fused-ring (bicyclic) bond motifs is 2. The highest BCUT2D eigenvalue weighted by molar-refractivity contribution is 7.98. The van der Waals surface area contributed by atoms with Crippen LogP contribution in [0.15, 0.2) is 61.7 Å². The number of aromatic nitrogens is 2. The van der Waals surface area contributed by atoms with Gasteiger partial charge in [-0.3, -0.25) is 0 Å². The number of hydrogen-bond acceptors (Lipinski definition) is 7. The van der Waals surface area contributed by atoms with Gasteiger partial charge in [0.2, 0.25) is 10.0 Å². The Bertz CT molecular complexity index is 1460. The highest BCUT2D eigenvalue weighted by atomic mass is 32.2. The maximum Gasteiger partial charge on any atom is 0.336 e. The van der Waals surface area contributed by atoms with Crippen LogP contribution in [-0.4, -0.2) is 25.1 Å². The molecule has 10 heteroatoms. The summed E-state index contributed by atoms with van der Waals surface area (Å²) in [6.07, 6.45) is 1.96. The fourth-order valence-corrected chi connectivity index (χ4v) is 5.07. The second kappa shape index (κ2) is 8.97. The number of methoxy groups -OCH3 is 1. The summed E-state index contributed by atoms with van der Waals surface area (Å²) >= 11 is 1.48. The summed E-state index contributed by atoms with van der Waals surface area (Å²) in [6, 6.07) is 11.6. The van der Waals surface area contributed by atoms with E-state index in [9.17, 15) is 13.2 Å². The number of sulfonamides is 1. The Balaban J connectivity index is 1.73. The van der Waals surface area contributed by atoms with Crippen molar-refractivity contribution in [2.75, 3.05) is 7.11 Å². The van der Waals surface area contributed by atoms with Crippen molar-refractivity contribution in [3.8, 4) is 5.75 Å². The van der Waals surface area contributed by atoms with Crippen LogP contribution in [0.4, 0.5) is 0 Å². The third-order valence-corrected chi connectivity index (χ3v) is 7.08. The fourth-order valence-electron chi connectivity index (χ4n) is 3.51. The Morgan fingerprint density at radius 2 is 2.00 bits per heavy atom. The largest absolute Gasteiger partial charge is 0.497 e. The van der Waals surface area contributed by atoms with E-state index in [4.69, 9.17) is 14.3 Å². The van der Waals surface area contributed by atoms with Gasteiger partial charge in [-0.1, -0.05) is 25.1 Å². The fraction of sp³-hybridized carbons (Fsp3) is 0.273. The van der Waals surface area contributed by atoms with Gasteiger partial charge in [0.05, 0.1) is 23.0 Å². The molecule has 0 saturated heterocycles. The lowest BCUT2D eigenvalue weighted by atomic mass is 10.1. The van der Waals surface area contributed by atoms with Gasteiger partial charge in [0.25, 0.3) is 0 Å². The Morgan fingerprint density at radius 3 is 2.72 bits per heavy atom. The van der Waals surface area contributed by atoms with Crippen LogP contribution in [0.25, 0.3) is 22.0 Å². The van der Waals surface area contributed by atoms with Crippen molar-refractivity contribution in [2.24, 2.45) is 5.14 Å². The Hall–Kier alpha value is -2.82. The van der Waals surface area contributed by atoms with Crippen molar-refractivity contribution in [3.05, 3.63) is 58.4 Å². The van der Waals surface area contributed by atoms with Crippen molar-refractivity contribution in [3.63, 3.8) is 0 Å². The summed E-state index contributed by atoms with van der Waals surface area (Å²) in [5.41, 5.74) is 2.26. The third kappa shape index (κ3) is 4.52. The van der Waals surface area contributed by atoms with Gasteiger partial charge in [-0.25, -0.2) is 23.3 Å². The average Bonchev–Trinajstić information content (AvgIpc) is 3.11. The van der Waals surface area contributed by atoms with Crippen molar-refractivity contribution in [1.29, 1.82) is 0 Å². The van der Waals surface area contributed by atoms with E-state index in [1.807, 2.05) is 12.1 Å². The van der Waals surface area contributed by atoms with E-state index in [1.54, 1.807) is 19.2 Å². The molecule has 0 radical (unpaired) electrons. The minimum atomic E-state index is -3.82. The van der Waals surface area contributed by atoms with Crippen LogP contribution < -0.4 is 15.5 Å². The lowest BCUT2D eigenvalue weighted by Crippen LogP contribution is -2.11. The molecule has 32 heavy (non-hydrogen) atoms. The molecule has 0 aliphatic heterocycles. The first kappa shape index (κ1) is 22.4. The van der Waals surface area contributed by atoms with Crippen molar-refractivity contribution in [1.82, 2.24) is 9.55 Å². The Kier molecular flexibility index (Phi) is 6.27. The van der Waals surface area contributed by atoms with Gasteiger partial charge in [-0.15, -0.1) is 0 Å². The number of nitrogens with two attached hydrogens (primary N) is 1. The molecule has 2 aromatic heterocycles. The molecule has 168 valence electrons. The van der Waals surface area contributed by atoms with Crippen LogP contribution in [0, 0.1) is 0 Å². The number of hydrogen-bond donors (Lipinski definition) is 1. The molecule has 4 aromatic rings. The summed E-state index contributed by atoms with van der Waals surface area (Å²) in [5.74, 6) is 1.10. The van der Waals surface area contributed by atoms with E-state index in [-0.39, 0.29) is 4.90 Å². The van der Waals surface area contributed by atoms with Gasteiger partial charge in [-0.2, -0.15) is 0 Å². The molecule has 2 N–H and O–H groups in total. The lowest BCUT2D eigenvalue weighted by molar-refractivity contribution is 0.414. The van der Waals surface area contributed by atoms with Gasteiger partial charge < -0.3 is 13.7 Å². The second-order valence-corrected chi connectivity index (χ2v) is 9.84. The standard InChI is InChI=1S/C22H23N3O5S2/c1-3-4-9-25-19-8-6-16(32(23,27)28)12-18(19)24-22(25)31-13-14-10-21(26)30-20-11-15(29-2)5-7-17(14)20/h5-8,10-12H,3-4,9,13H2,1-2H3,(H2,23,27,28). The molecule has 4 rings (SSSR count). The minimum absolute atomic E-state index is 0.0299. The average molecular weight is 474 g/mol. The van der Waals surface area contributed by atoms with E-state index < -0.39 is 15.6 Å². The first-order valence-electron chi connectivity index (χ1n) is 10.1. The van der Waals surface area contributed by atoms with E-state index in [1.165, 1.54) is 30.0 Å². The first-order valence-corrected chi connectivity index (χ1v) is 12.6. The van der Waals surface area contributed by atoms with Gasteiger partial charge >= 0.3 is 5.63 Å². The second-order valence-electron chi connectivity index (χ2n) is 7.34. The summed E-state index contributed by atoms with van der Waals surface area (Å²) in [7, 11) is -2.26. The van der Waals surface area contributed by atoms with Gasteiger partial charge in [0.15, 0.2) is 5.16 Å². The van der Waals surface area contributed by atoms with Crippen LogP contribution in [0.5, 0.6) is 5.75 Å². The molecule has 0 fully saturated rings. The molecule has 0 bridgehead atoms. The summed E-state index contributed by atoms with van der Waals surface area (Å²) < 4.78 is 36.1. The van der Waals surface area contributed by atoms with Crippen molar-refractivity contribution in [2.45, 2.75) is 42.1 Å². The molecule has 0 amide bonds. The highest BCUT2D eigenvalue weighted by Crippen LogP contribution is 2.31. The normalized spacial score (nSPS) is 12.0. The number of benzene rings is 2. The number of rotatable bonds is 8. The van der Waals surface area contributed by atoms with Gasteiger partial charge in [-0.05, 0) is 42.3 Å². The quantitative estimate of drug-likeness (QED) is 0.305. The van der Waals surface area contributed by atoms with Crippen molar-refractivity contribution >= 4 is 43.8 Å². The number of nitrogens with zero attached hydrogens (tertiary/aromatic N) is 2. The zero-order valence-corrected chi connectivity index (χ0v) is 19.3. The van der Waals surface area contributed by atoms with Crippen LogP contribution in [0.3, 0.4) is 0 Å². The zero-order chi connectivity index (χ0) is 22.9. The maximum atomic E-state index is 12.1. The molecular weight excluding hydrogens is 450 g/mol. The van der Waals surface area contributed by atoms with Crippen LogP contribution in [-0.2, 0) is 22.3 Å². The van der Waals surface area contributed by atoms with Gasteiger partial charge in [0.1, 0.15) is 11.3 Å². The molecule has 8 nitrogen and oxygen atoms in total. The molecular formula is C22H23N3O5S2. The van der Waals surface area contributed by atoms with Gasteiger partial charge in [0, 0.05) is 29.8 Å². The monoisotopic (exact) mass is 473 g/mol. The molecule has 0 atom stereocenters. The molecule has 2 aromatic carbocycles. The Labute approximate surface area is 189 Å². The highest BCUT2D eigenvalue weighted by Gasteiger charge is 2.16. The zero-order valence-electron chi connectivity index (χ0n) is 17.7. The summed E-state index contributed by atoms with van der Waals surface area (Å²) in [5, 5.41) is 6.85. The maximum absolute atomic E-state index is 12.1. The molecule has 0 saturated carbocycles. The van der Waals surface area contributed by atoms with E-state index in [0.717, 1.165) is 41.0 Å². The van der Waals surface area contributed by atoms with Crippen molar-refractivity contribution < 1.29 is 17.6 Å². The first-order chi connectivity index (χ1) is 15.3. The van der Waals surface area contributed by atoms with E-state index in [0.29, 0.717) is 22.6 Å². The smallest absolute Gasteiger partial charge is 0.336 e. The topological polar surface area (TPSA) is 117 Å². The molecule has 0 aliphatic rings. The minimum Gasteiger partial charge on any atom is -0.497 e. The third-order valence-electron chi connectivity index (χ3n) is 5.14. The number of aryl methyl sites for hydroxylation is 1. The molecule has 2 heterocycles. The molecule has 0 aliphatic carbocycles. The lowest BCUT2D eigenvalue weighted by Gasteiger charge is -2.09. The van der Waals surface area contributed by atoms with E-state index in [2.05, 4.69) is 16.5 Å².